The van der Waals surface area contributed by atoms with E-state index in [1.807, 2.05) is 12.1 Å². The van der Waals surface area contributed by atoms with Gasteiger partial charge in [-0.25, -0.2) is 19.9 Å². The number of hydrogen-bond donors (Lipinski definition) is 1. The Morgan fingerprint density at radius 2 is 1.44 bits per heavy atom. The first-order chi connectivity index (χ1) is 18.6. The maximum absolute atomic E-state index is 5.80. The molecule has 11 heteroatoms. The van der Waals surface area contributed by atoms with E-state index in [4.69, 9.17) is 39.5 Å². The zero-order chi connectivity index (χ0) is 26.6. The summed E-state index contributed by atoms with van der Waals surface area (Å²) < 4.78 is 4.94. The van der Waals surface area contributed by atoms with Crippen LogP contribution in [0.5, 0.6) is 0 Å². The van der Waals surface area contributed by atoms with Crippen LogP contribution >= 0.6 is 34.8 Å². The van der Waals surface area contributed by atoms with Crippen molar-refractivity contribution in [3.63, 3.8) is 0 Å². The van der Waals surface area contributed by atoms with Gasteiger partial charge in [0.25, 0.3) is 0 Å². The van der Waals surface area contributed by atoms with Crippen molar-refractivity contribution >= 4 is 52.0 Å². The summed E-state index contributed by atoms with van der Waals surface area (Å²) in [5.41, 5.74) is 5.35. The zero-order valence-electron chi connectivity index (χ0n) is 22.9. The summed E-state index contributed by atoms with van der Waals surface area (Å²) in [5, 5.41) is 4.14. The molecule has 0 unspecified atom stereocenters. The minimum absolute atomic E-state index is 0. The first-order valence-electron chi connectivity index (χ1n) is 12.5. The van der Waals surface area contributed by atoms with Gasteiger partial charge in [0.05, 0.1) is 0 Å². The summed E-state index contributed by atoms with van der Waals surface area (Å²) in [7, 11) is 0. The van der Waals surface area contributed by atoms with Crippen molar-refractivity contribution in [3.8, 4) is 0 Å². The zero-order valence-corrected chi connectivity index (χ0v) is 26.1. The number of nitrogens with zero attached hydrogens (tertiary/aromatic N) is 5. The summed E-state index contributed by atoms with van der Waals surface area (Å²) in [6.07, 6.45) is 7.98. The van der Waals surface area contributed by atoms with E-state index in [1.54, 1.807) is 12.3 Å². The third kappa shape index (κ3) is 10.2. The Morgan fingerprint density at radius 1 is 0.769 bits per heavy atom. The minimum Gasteiger partial charge on any atom is -1.00 e. The topological polar surface area (TPSA) is 76.1 Å². The number of benzene rings is 2. The van der Waals surface area contributed by atoms with E-state index in [-0.39, 0.29) is 36.3 Å². The number of para-hydroxylation sites is 2. The van der Waals surface area contributed by atoms with Crippen LogP contribution in [0.25, 0.3) is 0 Å². The second-order valence-electron chi connectivity index (χ2n) is 8.52. The average Bonchev–Trinajstić information content (AvgIpc) is 3.72. The smallest absolute Gasteiger partial charge is 1.00 e. The molecule has 0 amide bonds. The van der Waals surface area contributed by atoms with Crippen molar-refractivity contribution in [1.82, 2.24) is 19.9 Å². The van der Waals surface area contributed by atoms with Crippen LogP contribution in [0.3, 0.4) is 0 Å². The van der Waals surface area contributed by atoms with Gasteiger partial charge in [0, 0.05) is 50.1 Å². The summed E-state index contributed by atoms with van der Waals surface area (Å²) in [6.45, 7) is 4.06. The van der Waals surface area contributed by atoms with E-state index < -0.39 is 0 Å². The molecule has 7 nitrogen and oxygen atoms in total. The molecule has 3 aliphatic heterocycles. The van der Waals surface area contributed by atoms with E-state index in [2.05, 4.69) is 72.6 Å². The predicted molar refractivity (Wildman–Crippen MR) is 156 cm³/mol. The number of rotatable bonds is 1. The number of aromatic nitrogens is 4. The van der Waals surface area contributed by atoms with Crippen molar-refractivity contribution in [2.45, 2.75) is 25.7 Å². The first-order valence-corrected chi connectivity index (χ1v) is 13.6. The number of ether oxygens (including phenoxy) is 1. The predicted octanol–water partition coefficient (Wildman–Crippen LogP) is 4.18. The van der Waals surface area contributed by atoms with E-state index >= 15 is 0 Å². The van der Waals surface area contributed by atoms with Gasteiger partial charge in [-0.15, -0.1) is 0 Å². The molecule has 1 saturated heterocycles. The van der Waals surface area contributed by atoms with Gasteiger partial charge in [0.2, 0.25) is 10.6 Å². The fourth-order valence-corrected chi connectivity index (χ4v) is 4.59. The van der Waals surface area contributed by atoms with Crippen LogP contribution in [-0.2, 0) is 17.6 Å². The van der Waals surface area contributed by atoms with E-state index in [9.17, 15) is 0 Å². The Morgan fingerprint density at radius 3 is 2.05 bits per heavy atom. The maximum Gasteiger partial charge on any atom is 1.00 e. The second-order valence-corrected chi connectivity index (χ2v) is 9.58. The average molecular weight is 596 g/mol. The molecule has 0 spiro atoms. The SMILES string of the molecule is C1CCOC1.Clc1ccnc(Cl)n1.Clc1nccc(N2CCc3ccccc32)n1.[H-].[Na+].c1ccc2c(c1)CCN2. The number of anilines is 3. The van der Waals surface area contributed by atoms with E-state index in [0.717, 1.165) is 38.5 Å². The molecule has 7 rings (SSSR count). The fraction of sp³-hybridized carbons (Fsp3) is 0.286. The van der Waals surface area contributed by atoms with Gasteiger partial charge in [-0.2, -0.15) is 0 Å². The maximum atomic E-state index is 5.80. The summed E-state index contributed by atoms with van der Waals surface area (Å²) >= 11 is 16.5. The van der Waals surface area contributed by atoms with Crippen LogP contribution in [0.15, 0.2) is 73.1 Å². The van der Waals surface area contributed by atoms with Gasteiger partial charge in [-0.3, -0.25) is 0 Å². The van der Waals surface area contributed by atoms with Gasteiger partial charge in [0.15, 0.2) is 0 Å². The molecule has 5 heterocycles. The van der Waals surface area contributed by atoms with Gasteiger partial charge in [-0.1, -0.05) is 48.0 Å². The Labute approximate surface area is 268 Å². The van der Waals surface area contributed by atoms with E-state index in [1.165, 1.54) is 48.0 Å². The normalized spacial score (nSPS) is 14.1. The van der Waals surface area contributed by atoms with Crippen LogP contribution in [-0.4, -0.2) is 46.2 Å². The Hall–Kier alpha value is -1.97. The van der Waals surface area contributed by atoms with Gasteiger partial charge in [0.1, 0.15) is 11.0 Å². The molecule has 3 aliphatic rings. The number of halogens is 3. The standard InChI is InChI=1S/C12H10ClN3.C8H9N.C4H2Cl2N2.C4H8O.Na.H/c13-12-14-7-5-11(15-12)16-8-6-9-3-1-2-4-10(9)16;1-2-4-8-7(3-1)5-6-9-8;5-3-1-2-7-4(6)8-3;1-2-4-5-3-1;;/h1-5,7H,6,8H2;1-4,9H,5-6H2;1-2H;1-4H2;;/q;;;;+1;-1. The minimum atomic E-state index is 0. The number of hydrogen-bond acceptors (Lipinski definition) is 7. The third-order valence-corrected chi connectivity index (χ3v) is 6.50. The Kier molecular flexibility index (Phi) is 13.7. The molecule has 0 aliphatic carbocycles. The molecule has 0 radical (unpaired) electrons. The van der Waals surface area contributed by atoms with Gasteiger partial charge >= 0.3 is 29.6 Å². The molecular weight excluding hydrogens is 566 g/mol. The molecule has 0 bridgehead atoms. The molecule has 1 fully saturated rings. The number of fused-ring (bicyclic) bond motifs is 2. The third-order valence-electron chi connectivity index (χ3n) is 5.92. The molecule has 1 N–H and O–H groups in total. The van der Waals surface area contributed by atoms with Crippen molar-refractivity contribution < 1.29 is 35.7 Å². The molecule has 39 heavy (non-hydrogen) atoms. The van der Waals surface area contributed by atoms with E-state index in [0.29, 0.717) is 10.4 Å². The fourth-order valence-electron chi connectivity index (χ4n) is 4.12. The Bertz CT molecular complexity index is 1270. The second kappa shape index (κ2) is 17.0. The molecule has 4 aromatic rings. The van der Waals surface area contributed by atoms with Crippen LogP contribution in [0, 0.1) is 0 Å². The number of nitrogens with one attached hydrogen (secondary N) is 1. The van der Waals surface area contributed by atoms with Crippen LogP contribution in [0.1, 0.15) is 25.4 Å². The Balaban J connectivity index is 0.000000200. The molecular formula is C28H30Cl3N6NaO. The van der Waals surface area contributed by atoms with Crippen molar-refractivity contribution in [3.05, 3.63) is 99.9 Å². The summed E-state index contributed by atoms with van der Waals surface area (Å²) in [4.78, 5) is 17.5. The molecule has 2 aromatic carbocycles. The quantitative estimate of drug-likeness (QED) is 0.201. The van der Waals surface area contributed by atoms with Crippen LogP contribution < -0.4 is 39.8 Å². The van der Waals surface area contributed by atoms with Crippen LogP contribution in [0.4, 0.5) is 17.2 Å². The summed E-state index contributed by atoms with van der Waals surface area (Å²) in [6, 6.07) is 20.3. The monoisotopic (exact) mass is 594 g/mol. The summed E-state index contributed by atoms with van der Waals surface area (Å²) in [5.74, 6) is 0.866. The van der Waals surface area contributed by atoms with Gasteiger partial charge in [-0.05, 0) is 84.3 Å². The van der Waals surface area contributed by atoms with Crippen molar-refractivity contribution in [2.24, 2.45) is 0 Å². The molecule has 0 atom stereocenters. The van der Waals surface area contributed by atoms with Crippen molar-refractivity contribution in [1.29, 1.82) is 0 Å². The molecule has 200 valence electrons. The first kappa shape index (κ1) is 31.6. The molecule has 2 aromatic heterocycles. The largest absolute Gasteiger partial charge is 1.00 e. The van der Waals surface area contributed by atoms with Gasteiger partial charge < -0.3 is 16.4 Å². The van der Waals surface area contributed by atoms with Crippen LogP contribution in [0.2, 0.25) is 15.7 Å². The molecule has 0 saturated carbocycles. The van der Waals surface area contributed by atoms with Crippen molar-refractivity contribution in [2.75, 3.05) is 36.5 Å².